The lowest BCUT2D eigenvalue weighted by Crippen LogP contribution is -2.30. The fourth-order valence-electron chi connectivity index (χ4n) is 2.18. The van der Waals surface area contributed by atoms with Crippen LogP contribution in [0.5, 0.6) is 0 Å². The lowest BCUT2D eigenvalue weighted by molar-refractivity contribution is -0.127. The Morgan fingerprint density at radius 2 is 2.14 bits per heavy atom. The van der Waals surface area contributed by atoms with Crippen LogP contribution in [0.15, 0.2) is 24.3 Å². The molecule has 4 nitrogen and oxygen atoms in total. The van der Waals surface area contributed by atoms with Crippen molar-refractivity contribution in [2.24, 2.45) is 0 Å². The lowest BCUT2D eigenvalue weighted by Gasteiger charge is -2.24. The Balaban J connectivity index is 2.08. The minimum absolute atomic E-state index is 0.0571. The number of hydrogen-bond donors (Lipinski definition) is 0. The van der Waals surface area contributed by atoms with E-state index in [-0.39, 0.29) is 17.3 Å². The van der Waals surface area contributed by atoms with E-state index in [9.17, 15) is 9.59 Å². The van der Waals surface area contributed by atoms with Crippen LogP contribution in [0.4, 0.5) is 0 Å². The maximum absolute atomic E-state index is 12.0. The first kappa shape index (κ1) is 16.2. The molecule has 1 aliphatic rings. The zero-order valence-electron chi connectivity index (χ0n) is 12.2. The van der Waals surface area contributed by atoms with Crippen molar-refractivity contribution in [3.05, 3.63) is 35.4 Å². The summed E-state index contributed by atoms with van der Waals surface area (Å²) in [5.74, 6) is 2.40. The van der Waals surface area contributed by atoms with Gasteiger partial charge in [0.25, 0.3) is 0 Å². The van der Waals surface area contributed by atoms with Gasteiger partial charge in [-0.2, -0.15) is 11.8 Å². The molecule has 1 aromatic carbocycles. The second-order valence-corrected chi connectivity index (χ2v) is 7.02. The van der Waals surface area contributed by atoms with Crippen molar-refractivity contribution >= 4 is 35.4 Å². The predicted molar refractivity (Wildman–Crippen MR) is 87.7 cm³/mol. The molecular formula is C15H19NO3S2. The van der Waals surface area contributed by atoms with E-state index in [1.54, 1.807) is 23.9 Å². The highest BCUT2D eigenvalue weighted by atomic mass is 32.2. The standard InChI is InChI=1S/C15H19NO3S2/c1-3-20-9-8-16-13(17)10-21-14(16)11-4-6-12(7-5-11)15(18)19-2/h4-7,14H,3,8-10H2,1-2H3. The van der Waals surface area contributed by atoms with Gasteiger partial charge in [-0.25, -0.2) is 4.79 Å². The van der Waals surface area contributed by atoms with Crippen molar-refractivity contribution in [3.8, 4) is 0 Å². The summed E-state index contributed by atoms with van der Waals surface area (Å²) in [5, 5.41) is 0.0571. The van der Waals surface area contributed by atoms with Gasteiger partial charge in [-0.1, -0.05) is 19.1 Å². The Labute approximate surface area is 133 Å². The SMILES string of the molecule is CCSCCN1C(=O)CSC1c1ccc(C(=O)OC)cc1. The van der Waals surface area contributed by atoms with Crippen molar-refractivity contribution in [1.82, 2.24) is 4.90 Å². The fourth-order valence-corrected chi connectivity index (χ4v) is 4.01. The van der Waals surface area contributed by atoms with Gasteiger partial charge in [0.2, 0.25) is 5.91 Å². The van der Waals surface area contributed by atoms with Crippen LogP contribution >= 0.6 is 23.5 Å². The van der Waals surface area contributed by atoms with Gasteiger partial charge in [0, 0.05) is 12.3 Å². The summed E-state index contributed by atoms with van der Waals surface area (Å²) in [4.78, 5) is 25.4. The first-order valence-electron chi connectivity index (χ1n) is 6.84. The topological polar surface area (TPSA) is 46.6 Å². The number of benzene rings is 1. The lowest BCUT2D eigenvalue weighted by atomic mass is 10.1. The minimum Gasteiger partial charge on any atom is -0.465 e. The number of carbonyl (C=O) groups excluding carboxylic acids is 2. The number of hydrogen-bond acceptors (Lipinski definition) is 5. The molecule has 1 heterocycles. The predicted octanol–water partition coefficient (Wildman–Crippen LogP) is 2.80. The number of rotatable bonds is 6. The highest BCUT2D eigenvalue weighted by Crippen LogP contribution is 2.38. The minimum atomic E-state index is -0.340. The maximum atomic E-state index is 12.0. The molecular weight excluding hydrogens is 306 g/mol. The summed E-state index contributed by atoms with van der Waals surface area (Å²) in [5.41, 5.74) is 1.59. The van der Waals surface area contributed by atoms with Crippen LogP contribution in [-0.4, -0.2) is 47.7 Å². The second-order valence-electron chi connectivity index (χ2n) is 4.56. The first-order valence-corrected chi connectivity index (χ1v) is 9.04. The molecule has 0 radical (unpaired) electrons. The molecule has 1 unspecified atom stereocenters. The van der Waals surface area contributed by atoms with Gasteiger partial charge in [-0.3, -0.25) is 4.79 Å². The number of methoxy groups -OCH3 is 1. The van der Waals surface area contributed by atoms with Gasteiger partial charge in [-0.05, 0) is 23.4 Å². The third kappa shape index (κ3) is 3.95. The Morgan fingerprint density at radius 1 is 1.43 bits per heavy atom. The first-order chi connectivity index (χ1) is 10.2. The average molecular weight is 325 g/mol. The quantitative estimate of drug-likeness (QED) is 0.594. The number of thioether (sulfide) groups is 2. The van der Waals surface area contributed by atoms with E-state index in [1.165, 1.54) is 7.11 Å². The molecule has 21 heavy (non-hydrogen) atoms. The molecule has 0 N–H and O–H groups in total. The Hall–Kier alpha value is -1.14. The summed E-state index contributed by atoms with van der Waals surface area (Å²) in [6, 6.07) is 7.32. The highest BCUT2D eigenvalue weighted by Gasteiger charge is 2.32. The maximum Gasteiger partial charge on any atom is 0.337 e. The number of carbonyl (C=O) groups is 2. The molecule has 1 amide bonds. The van der Waals surface area contributed by atoms with E-state index in [0.717, 1.165) is 23.6 Å². The third-order valence-corrected chi connectivity index (χ3v) is 5.40. The molecule has 6 heteroatoms. The van der Waals surface area contributed by atoms with Crippen LogP contribution in [0.2, 0.25) is 0 Å². The summed E-state index contributed by atoms with van der Waals surface area (Å²) in [7, 11) is 1.37. The Bertz CT molecular complexity index is 504. The van der Waals surface area contributed by atoms with Crippen LogP contribution in [-0.2, 0) is 9.53 Å². The zero-order valence-corrected chi connectivity index (χ0v) is 13.8. The Morgan fingerprint density at radius 3 is 2.76 bits per heavy atom. The van der Waals surface area contributed by atoms with E-state index in [4.69, 9.17) is 4.74 Å². The van der Waals surface area contributed by atoms with Gasteiger partial charge >= 0.3 is 5.97 Å². The van der Waals surface area contributed by atoms with Gasteiger partial charge in [0.1, 0.15) is 5.37 Å². The summed E-state index contributed by atoms with van der Waals surface area (Å²) < 4.78 is 4.69. The van der Waals surface area contributed by atoms with E-state index < -0.39 is 0 Å². The molecule has 1 aliphatic heterocycles. The van der Waals surface area contributed by atoms with Gasteiger partial charge in [0.05, 0.1) is 18.4 Å². The molecule has 0 aliphatic carbocycles. The molecule has 0 spiro atoms. The molecule has 114 valence electrons. The molecule has 2 rings (SSSR count). The van der Waals surface area contributed by atoms with Gasteiger partial charge in [0.15, 0.2) is 0 Å². The van der Waals surface area contributed by atoms with E-state index >= 15 is 0 Å². The third-order valence-electron chi connectivity index (χ3n) is 3.27. The van der Waals surface area contributed by atoms with Crippen molar-refractivity contribution in [2.75, 3.05) is 30.9 Å². The van der Waals surface area contributed by atoms with Crippen LogP contribution < -0.4 is 0 Å². The number of esters is 1. The second kappa shape index (κ2) is 7.75. The van der Waals surface area contributed by atoms with Crippen LogP contribution in [0, 0.1) is 0 Å². The largest absolute Gasteiger partial charge is 0.465 e. The monoisotopic (exact) mass is 325 g/mol. The molecule has 0 aromatic heterocycles. The smallest absolute Gasteiger partial charge is 0.337 e. The molecule has 1 atom stereocenters. The van der Waals surface area contributed by atoms with E-state index in [2.05, 4.69) is 6.92 Å². The van der Waals surface area contributed by atoms with Crippen LogP contribution in [0.25, 0.3) is 0 Å². The van der Waals surface area contributed by atoms with E-state index in [1.807, 2.05) is 28.8 Å². The number of ether oxygens (including phenoxy) is 1. The number of amides is 1. The van der Waals surface area contributed by atoms with Crippen molar-refractivity contribution < 1.29 is 14.3 Å². The molecule has 1 fully saturated rings. The fraction of sp³-hybridized carbons (Fsp3) is 0.467. The summed E-state index contributed by atoms with van der Waals surface area (Å²) in [6.07, 6.45) is 0. The van der Waals surface area contributed by atoms with Crippen molar-refractivity contribution in [2.45, 2.75) is 12.3 Å². The molecule has 0 saturated carbocycles. The summed E-state index contributed by atoms with van der Waals surface area (Å²) in [6.45, 7) is 2.89. The molecule has 0 bridgehead atoms. The van der Waals surface area contributed by atoms with Gasteiger partial charge in [-0.15, -0.1) is 11.8 Å². The van der Waals surface area contributed by atoms with E-state index in [0.29, 0.717) is 11.3 Å². The Kier molecular flexibility index (Phi) is 5.99. The van der Waals surface area contributed by atoms with Crippen molar-refractivity contribution in [3.63, 3.8) is 0 Å². The normalized spacial score (nSPS) is 18.1. The van der Waals surface area contributed by atoms with Crippen molar-refractivity contribution in [1.29, 1.82) is 0 Å². The van der Waals surface area contributed by atoms with Gasteiger partial charge < -0.3 is 9.64 Å². The van der Waals surface area contributed by atoms with Crippen LogP contribution in [0.1, 0.15) is 28.2 Å². The zero-order chi connectivity index (χ0) is 15.2. The molecule has 1 saturated heterocycles. The average Bonchev–Trinajstić information content (AvgIpc) is 2.88. The van der Waals surface area contributed by atoms with Crippen LogP contribution in [0.3, 0.4) is 0 Å². The highest BCUT2D eigenvalue weighted by molar-refractivity contribution is 8.00. The molecule has 1 aromatic rings. The number of nitrogens with zero attached hydrogens (tertiary/aromatic N) is 1. The summed E-state index contributed by atoms with van der Waals surface area (Å²) >= 11 is 3.48.